The van der Waals surface area contributed by atoms with E-state index in [-0.39, 0.29) is 11.8 Å². The first-order valence-corrected chi connectivity index (χ1v) is 5.71. The third-order valence-corrected chi connectivity index (χ3v) is 3.06. The van der Waals surface area contributed by atoms with Crippen LogP contribution in [-0.2, 0) is 11.2 Å². The van der Waals surface area contributed by atoms with Crippen molar-refractivity contribution in [1.29, 1.82) is 0 Å². The average Bonchev–Trinajstić information content (AvgIpc) is 2.33. The van der Waals surface area contributed by atoms with Crippen molar-refractivity contribution in [1.82, 2.24) is 0 Å². The van der Waals surface area contributed by atoms with Gasteiger partial charge in [-0.2, -0.15) is 0 Å². The van der Waals surface area contributed by atoms with Crippen molar-refractivity contribution in [2.45, 2.75) is 19.4 Å². The summed E-state index contributed by atoms with van der Waals surface area (Å²) < 4.78 is 5.33. The maximum absolute atomic E-state index is 11.3. The number of hydrogen-bond donors (Lipinski definition) is 1. The van der Waals surface area contributed by atoms with Gasteiger partial charge in [0.05, 0.1) is 9.40 Å². The van der Waals surface area contributed by atoms with Gasteiger partial charge in [-0.1, -0.05) is 0 Å². The Morgan fingerprint density at radius 3 is 2.94 bits per heavy atom. The van der Waals surface area contributed by atoms with Crippen molar-refractivity contribution in [2.24, 2.45) is 0 Å². The number of nitro groups is 1. The van der Waals surface area contributed by atoms with Crippen LogP contribution in [0, 0.1) is 10.1 Å². The number of nitrogens with zero attached hydrogens (tertiary/aromatic N) is 1. The Morgan fingerprint density at radius 1 is 1.59 bits per heavy atom. The van der Waals surface area contributed by atoms with Gasteiger partial charge in [0.15, 0.2) is 0 Å². The molecule has 1 aromatic carbocycles. The number of fused-ring (bicyclic) bond motifs is 1. The lowest BCUT2D eigenvalue weighted by Crippen LogP contribution is -2.17. The van der Waals surface area contributed by atoms with Gasteiger partial charge in [-0.15, -0.1) is 0 Å². The van der Waals surface area contributed by atoms with Gasteiger partial charge in [0.1, 0.15) is 6.10 Å². The summed E-state index contributed by atoms with van der Waals surface area (Å²) >= 11 is 3.10. The van der Waals surface area contributed by atoms with Crippen LogP contribution in [0.5, 0.6) is 0 Å². The number of halogens is 1. The predicted molar refractivity (Wildman–Crippen MR) is 64.1 cm³/mol. The van der Waals surface area contributed by atoms with Crippen LogP contribution >= 0.6 is 15.9 Å². The Labute approximate surface area is 105 Å². The van der Waals surface area contributed by atoms with Crippen LogP contribution in [0.15, 0.2) is 16.6 Å². The van der Waals surface area contributed by atoms with Gasteiger partial charge in [0.2, 0.25) is 0 Å². The Kier molecular flexibility index (Phi) is 3.01. The fourth-order valence-corrected chi connectivity index (χ4v) is 2.19. The molecule has 0 fully saturated rings. The first-order chi connectivity index (χ1) is 7.97. The molecule has 0 aliphatic carbocycles. The lowest BCUT2D eigenvalue weighted by atomic mass is 10.1. The first kappa shape index (κ1) is 11.8. The molecule has 0 saturated carbocycles. The van der Waals surface area contributed by atoms with Crippen molar-refractivity contribution in [3.8, 4) is 0 Å². The maximum atomic E-state index is 11.3. The van der Waals surface area contributed by atoms with Crippen molar-refractivity contribution < 1.29 is 14.5 Å². The van der Waals surface area contributed by atoms with E-state index in [9.17, 15) is 14.9 Å². The van der Waals surface area contributed by atoms with Crippen LogP contribution in [0.4, 0.5) is 16.2 Å². The fraction of sp³-hybridized carbons (Fsp3) is 0.300. The Bertz CT molecular complexity index is 503. The molecule has 2 rings (SSSR count). The molecular weight excluding hydrogens is 292 g/mol. The lowest BCUT2D eigenvalue weighted by Gasteiger charge is -2.07. The number of anilines is 1. The van der Waals surface area contributed by atoms with Gasteiger partial charge < -0.3 is 4.74 Å². The van der Waals surface area contributed by atoms with Crippen LogP contribution < -0.4 is 5.32 Å². The third kappa shape index (κ3) is 2.38. The van der Waals surface area contributed by atoms with Crippen molar-refractivity contribution in [2.75, 3.05) is 5.32 Å². The molecule has 1 unspecified atom stereocenters. The van der Waals surface area contributed by atoms with Gasteiger partial charge in [0.25, 0.3) is 5.69 Å². The molecule has 1 aliphatic heterocycles. The Balaban J connectivity index is 2.51. The molecule has 0 aromatic heterocycles. The molecule has 1 aromatic rings. The van der Waals surface area contributed by atoms with Crippen molar-refractivity contribution >= 4 is 33.4 Å². The van der Waals surface area contributed by atoms with Gasteiger partial charge in [-0.25, -0.2) is 4.79 Å². The van der Waals surface area contributed by atoms with Gasteiger partial charge in [-0.05, 0) is 34.5 Å². The molecule has 17 heavy (non-hydrogen) atoms. The Morgan fingerprint density at radius 2 is 2.29 bits per heavy atom. The predicted octanol–water partition coefficient (Wildman–Crippen LogP) is 2.85. The molecule has 1 N–H and O–H groups in total. The number of amides is 1. The highest BCUT2D eigenvalue weighted by Crippen LogP contribution is 2.33. The van der Waals surface area contributed by atoms with E-state index in [0.29, 0.717) is 22.1 Å². The standard InChI is InChI=1S/C10H9BrN2O4/c1-5-2-6-3-9(13(15)16)7(11)4-8(6)12-10(14)17-5/h3-5H,2H2,1H3,(H,12,14). The smallest absolute Gasteiger partial charge is 0.411 e. The molecule has 1 amide bonds. The third-order valence-electron chi connectivity index (χ3n) is 2.42. The molecule has 7 heteroatoms. The number of nitrogens with one attached hydrogen (secondary N) is 1. The molecule has 1 aliphatic rings. The van der Waals surface area contributed by atoms with Gasteiger partial charge in [-0.3, -0.25) is 15.4 Å². The summed E-state index contributed by atoms with van der Waals surface area (Å²) in [6.07, 6.45) is -0.406. The number of carbonyl (C=O) groups is 1. The summed E-state index contributed by atoms with van der Waals surface area (Å²) in [5.41, 5.74) is 1.21. The summed E-state index contributed by atoms with van der Waals surface area (Å²) in [5.74, 6) is 0. The second-order valence-electron chi connectivity index (χ2n) is 3.76. The van der Waals surface area contributed by atoms with Crippen LogP contribution in [0.3, 0.4) is 0 Å². The molecular formula is C10H9BrN2O4. The summed E-state index contributed by atoms with van der Waals surface area (Å²) in [6.45, 7) is 1.74. The second-order valence-corrected chi connectivity index (χ2v) is 4.62. The molecule has 1 atom stereocenters. The second kappa shape index (κ2) is 4.33. The zero-order valence-electron chi connectivity index (χ0n) is 8.90. The van der Waals surface area contributed by atoms with Crippen LogP contribution in [0.25, 0.3) is 0 Å². The number of hydrogen-bond acceptors (Lipinski definition) is 4. The summed E-state index contributed by atoms with van der Waals surface area (Å²) in [4.78, 5) is 21.6. The van der Waals surface area contributed by atoms with E-state index in [0.717, 1.165) is 0 Å². The average molecular weight is 301 g/mol. The number of benzene rings is 1. The zero-order chi connectivity index (χ0) is 12.6. The normalized spacial score (nSPS) is 18.7. The summed E-state index contributed by atoms with van der Waals surface area (Å²) in [6, 6.07) is 2.97. The quantitative estimate of drug-likeness (QED) is 0.638. The minimum Gasteiger partial charge on any atom is -0.446 e. The van der Waals surface area contributed by atoms with E-state index in [4.69, 9.17) is 4.74 Å². The zero-order valence-corrected chi connectivity index (χ0v) is 10.5. The van der Waals surface area contributed by atoms with E-state index < -0.39 is 11.0 Å². The first-order valence-electron chi connectivity index (χ1n) is 4.92. The van der Waals surface area contributed by atoms with Gasteiger partial charge >= 0.3 is 6.09 Å². The number of cyclic esters (lactones) is 1. The number of nitro benzene ring substituents is 1. The van der Waals surface area contributed by atoms with E-state index in [1.54, 1.807) is 6.92 Å². The SMILES string of the molecule is CC1Cc2cc([N+](=O)[O-])c(Br)cc2NC(=O)O1. The molecule has 6 nitrogen and oxygen atoms in total. The number of carbonyl (C=O) groups excluding carboxylic acids is 1. The summed E-state index contributed by atoms with van der Waals surface area (Å²) in [7, 11) is 0. The molecule has 1 heterocycles. The van der Waals surface area contributed by atoms with Crippen molar-refractivity contribution in [3.05, 3.63) is 32.3 Å². The fourth-order valence-electron chi connectivity index (χ4n) is 1.70. The van der Waals surface area contributed by atoms with E-state index in [2.05, 4.69) is 21.2 Å². The van der Waals surface area contributed by atoms with Crippen LogP contribution in [0.2, 0.25) is 0 Å². The molecule has 0 saturated heterocycles. The van der Waals surface area contributed by atoms with Gasteiger partial charge in [0, 0.05) is 18.2 Å². The topological polar surface area (TPSA) is 81.5 Å². The Hall–Kier alpha value is -1.63. The van der Waals surface area contributed by atoms with E-state index in [1.807, 2.05) is 0 Å². The largest absolute Gasteiger partial charge is 0.446 e. The number of ether oxygens (including phenoxy) is 1. The minimum absolute atomic E-state index is 0.0212. The van der Waals surface area contributed by atoms with E-state index in [1.165, 1.54) is 12.1 Å². The molecule has 0 radical (unpaired) electrons. The van der Waals surface area contributed by atoms with E-state index >= 15 is 0 Å². The summed E-state index contributed by atoms with van der Waals surface area (Å²) in [5, 5.41) is 13.3. The maximum Gasteiger partial charge on any atom is 0.411 e. The van der Waals surface area contributed by atoms with Crippen molar-refractivity contribution in [3.63, 3.8) is 0 Å². The highest BCUT2D eigenvalue weighted by atomic mass is 79.9. The highest BCUT2D eigenvalue weighted by Gasteiger charge is 2.23. The molecule has 0 bridgehead atoms. The number of rotatable bonds is 1. The monoisotopic (exact) mass is 300 g/mol. The molecule has 0 spiro atoms. The highest BCUT2D eigenvalue weighted by molar-refractivity contribution is 9.10. The molecule has 90 valence electrons. The van der Waals surface area contributed by atoms with Crippen LogP contribution in [-0.4, -0.2) is 17.1 Å². The lowest BCUT2D eigenvalue weighted by molar-refractivity contribution is -0.385. The van der Waals surface area contributed by atoms with Crippen LogP contribution in [0.1, 0.15) is 12.5 Å². The minimum atomic E-state index is -0.544.